The molecular formula is C31H20F4N4O2. The van der Waals surface area contributed by atoms with Crippen molar-refractivity contribution in [3.8, 4) is 40.4 Å². The second-order valence-corrected chi connectivity index (χ2v) is 8.90. The van der Waals surface area contributed by atoms with Gasteiger partial charge in [-0.3, -0.25) is 9.97 Å². The Hall–Kier alpha value is -5.30. The summed E-state index contributed by atoms with van der Waals surface area (Å²) in [7, 11) is 0. The van der Waals surface area contributed by atoms with Crippen LogP contribution in [0.15, 0.2) is 89.7 Å². The molecule has 2 aromatic heterocycles. The number of nitrogens with zero attached hydrogens (tertiary/aromatic N) is 3. The zero-order valence-electron chi connectivity index (χ0n) is 21.5. The summed E-state index contributed by atoms with van der Waals surface area (Å²) in [6, 6.07) is 21.0. The van der Waals surface area contributed by atoms with Gasteiger partial charge in [0.25, 0.3) is 0 Å². The van der Waals surface area contributed by atoms with E-state index in [2.05, 4.69) is 31.8 Å². The van der Waals surface area contributed by atoms with E-state index in [-0.39, 0.29) is 24.0 Å². The highest BCUT2D eigenvalue weighted by atomic mass is 19.4. The first kappa shape index (κ1) is 27.3. The topological polar surface area (TPSA) is 80.8 Å². The minimum Gasteiger partial charge on any atom is -0.487 e. The maximum atomic E-state index is 14.1. The second-order valence-electron chi connectivity index (χ2n) is 8.90. The minimum absolute atomic E-state index is 0.0864. The second kappa shape index (κ2) is 11.4. The Bertz CT molecular complexity index is 1840. The lowest BCUT2D eigenvalue weighted by molar-refractivity contribution is -0.137. The number of H-pyrrole nitrogens is 1. The van der Waals surface area contributed by atoms with Crippen LogP contribution in [-0.4, -0.2) is 19.9 Å². The van der Waals surface area contributed by atoms with Crippen LogP contribution in [-0.2, 0) is 12.8 Å². The maximum absolute atomic E-state index is 14.1. The molecule has 1 N–H and O–H groups in total. The van der Waals surface area contributed by atoms with Crippen LogP contribution in [0, 0.1) is 24.6 Å². The number of hydrogen-bond acceptors (Lipinski definition) is 5. The number of hydrogen-bond donors (Lipinski definition) is 1. The van der Waals surface area contributed by atoms with Crippen LogP contribution < -0.4 is 10.4 Å². The standard InChI is InChI=1S/C31H20F4N4O2/c1-19-5-2-8-24(36-19)18-41-26-10-4-9-25(31(33,34)35)27(26)29-37-28(38-30(40)39-29)22-15-13-20(14-16-22)11-12-21-6-3-7-23(32)17-21/h2-10,13-17H,18H2,1H3,(H,37,38,39,40). The summed E-state index contributed by atoms with van der Waals surface area (Å²) < 4.78 is 61.4. The molecule has 0 saturated heterocycles. The maximum Gasteiger partial charge on any atom is 0.417 e. The molecule has 0 spiro atoms. The number of aryl methyl sites for hydroxylation is 1. The van der Waals surface area contributed by atoms with Crippen molar-refractivity contribution in [3.63, 3.8) is 0 Å². The smallest absolute Gasteiger partial charge is 0.417 e. The van der Waals surface area contributed by atoms with Gasteiger partial charge in [-0.15, -0.1) is 0 Å². The quantitative estimate of drug-likeness (QED) is 0.202. The van der Waals surface area contributed by atoms with Crippen molar-refractivity contribution in [2.24, 2.45) is 0 Å². The highest BCUT2D eigenvalue weighted by Crippen LogP contribution is 2.41. The Kier molecular flexibility index (Phi) is 7.61. The molecular weight excluding hydrogens is 536 g/mol. The van der Waals surface area contributed by atoms with Crippen molar-refractivity contribution in [2.75, 3.05) is 0 Å². The number of benzene rings is 3. The van der Waals surface area contributed by atoms with Crippen molar-refractivity contribution in [1.29, 1.82) is 0 Å². The number of aromatic nitrogens is 4. The summed E-state index contributed by atoms with van der Waals surface area (Å²) in [5.41, 5.74) is 0.369. The Labute approximate surface area is 231 Å². The lowest BCUT2D eigenvalue weighted by atomic mass is 10.0. The average Bonchev–Trinajstić information content (AvgIpc) is 2.94. The zero-order chi connectivity index (χ0) is 29.0. The number of alkyl halides is 3. The number of nitrogens with one attached hydrogen (secondary N) is 1. The van der Waals surface area contributed by atoms with Gasteiger partial charge in [0.1, 0.15) is 24.0 Å². The molecule has 2 heterocycles. The van der Waals surface area contributed by atoms with Gasteiger partial charge in [-0.1, -0.05) is 30.0 Å². The van der Waals surface area contributed by atoms with E-state index in [4.69, 9.17) is 4.74 Å². The Balaban J connectivity index is 1.51. The van der Waals surface area contributed by atoms with E-state index in [1.807, 2.05) is 0 Å². The molecule has 10 heteroatoms. The average molecular weight is 557 g/mol. The molecule has 41 heavy (non-hydrogen) atoms. The molecule has 0 aliphatic carbocycles. The molecule has 0 aliphatic heterocycles. The van der Waals surface area contributed by atoms with Gasteiger partial charge >= 0.3 is 11.9 Å². The van der Waals surface area contributed by atoms with E-state index in [1.54, 1.807) is 61.5 Å². The zero-order valence-corrected chi connectivity index (χ0v) is 21.5. The predicted octanol–water partition coefficient (Wildman–Crippen LogP) is 6.34. The molecule has 0 unspecified atom stereocenters. The molecule has 0 radical (unpaired) electrons. The first-order valence-corrected chi connectivity index (χ1v) is 12.3. The fourth-order valence-electron chi connectivity index (χ4n) is 4.01. The van der Waals surface area contributed by atoms with E-state index in [0.29, 0.717) is 22.4 Å². The first-order valence-electron chi connectivity index (χ1n) is 12.3. The van der Waals surface area contributed by atoms with Crippen LogP contribution in [0.25, 0.3) is 22.8 Å². The third kappa shape index (κ3) is 6.65. The molecule has 0 fully saturated rings. The molecule has 5 aromatic rings. The van der Waals surface area contributed by atoms with Gasteiger partial charge in [0.05, 0.1) is 16.8 Å². The van der Waals surface area contributed by atoms with Crippen LogP contribution in [0.3, 0.4) is 0 Å². The summed E-state index contributed by atoms with van der Waals surface area (Å²) >= 11 is 0. The molecule has 0 atom stereocenters. The highest BCUT2D eigenvalue weighted by molar-refractivity contribution is 5.71. The fraction of sp³-hybridized carbons (Fsp3) is 0.0968. The van der Waals surface area contributed by atoms with Gasteiger partial charge in [0.15, 0.2) is 5.82 Å². The summed E-state index contributed by atoms with van der Waals surface area (Å²) in [6.45, 7) is 1.69. The largest absolute Gasteiger partial charge is 0.487 e. The van der Waals surface area contributed by atoms with Gasteiger partial charge in [0.2, 0.25) is 0 Å². The summed E-state index contributed by atoms with van der Waals surface area (Å²) in [4.78, 5) is 27.3. The Morgan fingerprint density at radius 2 is 1.59 bits per heavy atom. The van der Waals surface area contributed by atoms with Gasteiger partial charge in [-0.25, -0.2) is 14.2 Å². The van der Waals surface area contributed by atoms with Crippen molar-refractivity contribution in [2.45, 2.75) is 19.7 Å². The van der Waals surface area contributed by atoms with E-state index in [0.717, 1.165) is 11.8 Å². The minimum atomic E-state index is -4.76. The molecule has 204 valence electrons. The number of halogens is 4. The number of pyridine rings is 1. The van der Waals surface area contributed by atoms with Gasteiger partial charge in [-0.2, -0.15) is 18.2 Å². The molecule has 0 aliphatic rings. The van der Waals surface area contributed by atoms with Crippen molar-refractivity contribution in [3.05, 3.63) is 129 Å². The molecule has 0 bridgehead atoms. The molecule has 6 nitrogen and oxygen atoms in total. The number of aromatic amines is 1. The summed E-state index contributed by atoms with van der Waals surface area (Å²) in [6.07, 6.45) is -4.76. The first-order chi connectivity index (χ1) is 19.7. The third-order valence-corrected chi connectivity index (χ3v) is 5.86. The normalized spacial score (nSPS) is 11.0. The van der Waals surface area contributed by atoms with Crippen LogP contribution in [0.2, 0.25) is 0 Å². The molecule has 0 saturated carbocycles. The lowest BCUT2D eigenvalue weighted by Crippen LogP contribution is -2.17. The Morgan fingerprint density at radius 3 is 2.32 bits per heavy atom. The molecule has 3 aromatic carbocycles. The van der Waals surface area contributed by atoms with Crippen molar-refractivity contribution >= 4 is 0 Å². The number of rotatable bonds is 5. The summed E-state index contributed by atoms with van der Waals surface area (Å²) in [5, 5.41) is 0. The van der Waals surface area contributed by atoms with Gasteiger partial charge in [-0.05, 0) is 73.7 Å². The number of ether oxygens (including phenoxy) is 1. The van der Waals surface area contributed by atoms with E-state index in [9.17, 15) is 22.4 Å². The van der Waals surface area contributed by atoms with E-state index in [1.165, 1.54) is 24.3 Å². The van der Waals surface area contributed by atoms with Crippen LogP contribution in [0.5, 0.6) is 5.75 Å². The van der Waals surface area contributed by atoms with E-state index >= 15 is 0 Å². The van der Waals surface area contributed by atoms with Gasteiger partial charge in [0, 0.05) is 22.4 Å². The monoisotopic (exact) mass is 556 g/mol. The third-order valence-electron chi connectivity index (χ3n) is 5.86. The van der Waals surface area contributed by atoms with Gasteiger partial charge < -0.3 is 4.74 Å². The van der Waals surface area contributed by atoms with Crippen molar-refractivity contribution in [1.82, 2.24) is 19.9 Å². The molecule has 5 rings (SSSR count). The van der Waals surface area contributed by atoms with Crippen LogP contribution in [0.1, 0.15) is 28.1 Å². The van der Waals surface area contributed by atoms with Crippen LogP contribution in [0.4, 0.5) is 17.6 Å². The van der Waals surface area contributed by atoms with Crippen molar-refractivity contribution < 1.29 is 22.3 Å². The summed E-state index contributed by atoms with van der Waals surface area (Å²) in [5.74, 6) is 4.79. The Morgan fingerprint density at radius 1 is 0.854 bits per heavy atom. The highest BCUT2D eigenvalue weighted by Gasteiger charge is 2.36. The molecule has 0 amide bonds. The SMILES string of the molecule is Cc1cccc(COc2cccc(C(F)(F)F)c2-c2nc(-c3ccc(C#Cc4cccc(F)c4)cc3)nc(=O)[nH]2)n1. The van der Waals surface area contributed by atoms with E-state index < -0.39 is 28.8 Å². The fourth-order valence-corrected chi connectivity index (χ4v) is 4.01. The lowest BCUT2D eigenvalue weighted by Gasteiger charge is -2.17. The van der Waals surface area contributed by atoms with Crippen LogP contribution >= 0.6 is 0 Å². The predicted molar refractivity (Wildman–Crippen MR) is 144 cm³/mol.